The molecule has 1 atom stereocenters. The van der Waals surface area contributed by atoms with Crippen molar-refractivity contribution in [2.24, 2.45) is 18.7 Å². The Labute approximate surface area is 96.4 Å². The van der Waals surface area contributed by atoms with Gasteiger partial charge in [-0.05, 0) is 17.7 Å². The summed E-state index contributed by atoms with van der Waals surface area (Å²) in [5.74, 6) is 2.96. The lowest BCUT2D eigenvalue weighted by Gasteiger charge is -2.10. The van der Waals surface area contributed by atoms with Gasteiger partial charge in [-0.25, -0.2) is 0 Å². The molecule has 3 nitrogen and oxygen atoms in total. The van der Waals surface area contributed by atoms with Crippen LogP contribution in [0.4, 0.5) is 0 Å². The van der Waals surface area contributed by atoms with Gasteiger partial charge >= 0.3 is 0 Å². The molecule has 0 saturated carbocycles. The summed E-state index contributed by atoms with van der Waals surface area (Å²) in [6.07, 6.45) is 2.84. The van der Waals surface area contributed by atoms with Crippen LogP contribution in [-0.2, 0) is 13.5 Å². The van der Waals surface area contributed by atoms with Gasteiger partial charge in [-0.2, -0.15) is 16.9 Å². The van der Waals surface area contributed by atoms with Crippen molar-refractivity contribution in [3.63, 3.8) is 0 Å². The van der Waals surface area contributed by atoms with Gasteiger partial charge in [0.2, 0.25) is 0 Å². The number of aromatic nitrogens is 2. The van der Waals surface area contributed by atoms with E-state index in [9.17, 15) is 0 Å². The maximum atomic E-state index is 6.03. The number of nitrogens with two attached hydrogens (primary N) is 1. The highest BCUT2D eigenvalue weighted by molar-refractivity contribution is 7.99. The van der Waals surface area contributed by atoms with Crippen molar-refractivity contribution in [2.75, 3.05) is 11.5 Å². The second-order valence-electron chi connectivity index (χ2n) is 4.38. The Bertz CT molecular complexity index is 283. The molecule has 1 aromatic heterocycles. The van der Waals surface area contributed by atoms with Crippen LogP contribution in [0, 0.1) is 5.92 Å². The van der Waals surface area contributed by atoms with Gasteiger partial charge in [0, 0.05) is 31.5 Å². The Morgan fingerprint density at radius 2 is 2.20 bits per heavy atom. The molecule has 15 heavy (non-hydrogen) atoms. The van der Waals surface area contributed by atoms with Crippen molar-refractivity contribution in [3.05, 3.63) is 18.0 Å². The van der Waals surface area contributed by atoms with Gasteiger partial charge in [-0.1, -0.05) is 13.8 Å². The zero-order chi connectivity index (χ0) is 11.3. The number of thioether (sulfide) groups is 1. The lowest BCUT2D eigenvalue weighted by atomic mass is 10.2. The maximum Gasteiger partial charge on any atom is 0.0640 e. The van der Waals surface area contributed by atoms with Crippen molar-refractivity contribution >= 4 is 11.8 Å². The van der Waals surface area contributed by atoms with Crippen molar-refractivity contribution in [2.45, 2.75) is 26.3 Å². The fraction of sp³-hybridized carbons (Fsp3) is 0.727. The number of hydrogen-bond donors (Lipinski definition) is 1. The number of nitrogens with zero attached hydrogens (tertiary/aromatic N) is 2. The highest BCUT2D eigenvalue weighted by atomic mass is 32.2. The smallest absolute Gasteiger partial charge is 0.0640 e. The highest BCUT2D eigenvalue weighted by Gasteiger charge is 2.06. The summed E-state index contributed by atoms with van der Waals surface area (Å²) in [6, 6.07) is 2.26. The van der Waals surface area contributed by atoms with Crippen LogP contribution in [0.1, 0.15) is 19.5 Å². The van der Waals surface area contributed by atoms with E-state index in [2.05, 4.69) is 18.9 Å². The molecule has 0 spiro atoms. The van der Waals surface area contributed by atoms with Gasteiger partial charge in [0.15, 0.2) is 0 Å². The standard InChI is InChI=1S/C11H21N3S/c1-9(2)7-15-8-10(12)6-11-4-5-14(3)13-11/h4-5,9-10H,6-8,12H2,1-3H3. The first-order valence-corrected chi connectivity index (χ1v) is 6.55. The van der Waals surface area contributed by atoms with E-state index in [0.29, 0.717) is 0 Å². The summed E-state index contributed by atoms with van der Waals surface area (Å²) >= 11 is 1.94. The minimum atomic E-state index is 0.226. The van der Waals surface area contributed by atoms with Gasteiger partial charge in [-0.15, -0.1) is 0 Å². The van der Waals surface area contributed by atoms with Crippen molar-refractivity contribution in [3.8, 4) is 0 Å². The summed E-state index contributed by atoms with van der Waals surface area (Å²) in [6.45, 7) is 4.47. The summed E-state index contributed by atoms with van der Waals surface area (Å²) in [4.78, 5) is 0. The molecule has 0 saturated heterocycles. The first-order chi connectivity index (χ1) is 7.08. The fourth-order valence-corrected chi connectivity index (χ4v) is 2.38. The largest absolute Gasteiger partial charge is 0.327 e. The van der Waals surface area contributed by atoms with E-state index in [1.54, 1.807) is 0 Å². The van der Waals surface area contributed by atoms with E-state index in [1.807, 2.05) is 35.8 Å². The van der Waals surface area contributed by atoms with Crippen LogP contribution in [0.3, 0.4) is 0 Å². The third-order valence-electron chi connectivity index (χ3n) is 2.02. The predicted molar refractivity (Wildman–Crippen MR) is 67.1 cm³/mol. The van der Waals surface area contributed by atoms with E-state index < -0.39 is 0 Å². The quantitative estimate of drug-likeness (QED) is 0.804. The molecule has 4 heteroatoms. The minimum Gasteiger partial charge on any atom is -0.327 e. The zero-order valence-corrected chi connectivity index (χ0v) is 10.6. The van der Waals surface area contributed by atoms with Crippen LogP contribution >= 0.6 is 11.8 Å². The lowest BCUT2D eigenvalue weighted by molar-refractivity contribution is 0.689. The molecule has 0 amide bonds. The van der Waals surface area contributed by atoms with E-state index in [0.717, 1.165) is 23.8 Å². The van der Waals surface area contributed by atoms with Crippen molar-refractivity contribution < 1.29 is 0 Å². The Morgan fingerprint density at radius 3 is 2.73 bits per heavy atom. The molecule has 0 aromatic carbocycles. The molecular weight excluding hydrogens is 206 g/mol. The van der Waals surface area contributed by atoms with E-state index >= 15 is 0 Å². The van der Waals surface area contributed by atoms with Crippen molar-refractivity contribution in [1.82, 2.24) is 9.78 Å². The first kappa shape index (κ1) is 12.6. The van der Waals surface area contributed by atoms with Crippen LogP contribution in [0.25, 0.3) is 0 Å². The number of hydrogen-bond acceptors (Lipinski definition) is 3. The molecular formula is C11H21N3S. The molecule has 0 fully saturated rings. The fourth-order valence-electron chi connectivity index (χ4n) is 1.35. The molecule has 1 heterocycles. The van der Waals surface area contributed by atoms with Crippen molar-refractivity contribution in [1.29, 1.82) is 0 Å². The highest BCUT2D eigenvalue weighted by Crippen LogP contribution is 2.10. The van der Waals surface area contributed by atoms with Crippen LogP contribution in [0.5, 0.6) is 0 Å². The summed E-state index contributed by atoms with van der Waals surface area (Å²) in [5, 5.41) is 4.32. The molecule has 0 aliphatic heterocycles. The van der Waals surface area contributed by atoms with Gasteiger partial charge in [0.25, 0.3) is 0 Å². The van der Waals surface area contributed by atoms with E-state index in [1.165, 1.54) is 5.75 Å². The average molecular weight is 227 g/mol. The predicted octanol–water partition coefficient (Wildman–Crippen LogP) is 1.68. The SMILES string of the molecule is CC(C)CSCC(N)Cc1ccn(C)n1. The van der Waals surface area contributed by atoms with Crippen LogP contribution in [0.2, 0.25) is 0 Å². The molecule has 0 bridgehead atoms. The molecule has 1 unspecified atom stereocenters. The van der Waals surface area contributed by atoms with Gasteiger partial charge < -0.3 is 5.73 Å². The lowest BCUT2D eigenvalue weighted by Crippen LogP contribution is -2.26. The minimum absolute atomic E-state index is 0.226. The zero-order valence-electron chi connectivity index (χ0n) is 9.81. The summed E-state index contributed by atoms with van der Waals surface area (Å²) < 4.78 is 1.82. The normalized spacial score (nSPS) is 13.4. The topological polar surface area (TPSA) is 43.8 Å². The molecule has 0 aliphatic rings. The summed E-state index contributed by atoms with van der Waals surface area (Å²) in [7, 11) is 1.93. The van der Waals surface area contributed by atoms with Crippen LogP contribution < -0.4 is 5.73 Å². The second kappa shape index (κ2) is 6.18. The van der Waals surface area contributed by atoms with E-state index in [-0.39, 0.29) is 6.04 Å². The first-order valence-electron chi connectivity index (χ1n) is 5.39. The van der Waals surface area contributed by atoms with E-state index in [4.69, 9.17) is 5.73 Å². The second-order valence-corrected chi connectivity index (χ2v) is 5.45. The Kier molecular flexibility index (Phi) is 5.19. The monoisotopic (exact) mass is 227 g/mol. The van der Waals surface area contributed by atoms with Gasteiger partial charge in [0.1, 0.15) is 0 Å². The average Bonchev–Trinajstić information content (AvgIpc) is 2.50. The Morgan fingerprint density at radius 1 is 1.47 bits per heavy atom. The van der Waals surface area contributed by atoms with Gasteiger partial charge in [0.05, 0.1) is 5.69 Å². The Balaban J connectivity index is 2.21. The summed E-state index contributed by atoms with van der Waals surface area (Å²) in [5.41, 5.74) is 7.12. The molecule has 2 N–H and O–H groups in total. The Hall–Kier alpha value is -0.480. The molecule has 86 valence electrons. The molecule has 0 radical (unpaired) electrons. The van der Waals surface area contributed by atoms with Crippen LogP contribution in [-0.4, -0.2) is 27.3 Å². The maximum absolute atomic E-state index is 6.03. The molecule has 1 aromatic rings. The third-order valence-corrected chi connectivity index (χ3v) is 3.59. The molecule has 0 aliphatic carbocycles. The van der Waals surface area contributed by atoms with Crippen LogP contribution in [0.15, 0.2) is 12.3 Å². The number of rotatable bonds is 6. The number of aryl methyl sites for hydroxylation is 1. The van der Waals surface area contributed by atoms with Gasteiger partial charge in [-0.3, -0.25) is 4.68 Å². The molecule has 1 rings (SSSR count). The third kappa shape index (κ3) is 5.23.